The molecule has 0 unspecified atom stereocenters. The second-order valence-electron chi connectivity index (χ2n) is 15.2. The van der Waals surface area contributed by atoms with Gasteiger partial charge in [0.1, 0.15) is 0 Å². The lowest BCUT2D eigenvalue weighted by Crippen LogP contribution is -2.28. The zero-order valence-electron chi connectivity index (χ0n) is 29.9. The Morgan fingerprint density at radius 2 is 0.982 bits per heavy atom. The third-order valence-corrected chi connectivity index (χ3v) is 12.7. The first-order valence-electron chi connectivity index (χ1n) is 19.2. The maximum Gasteiger partial charge on any atom is 0.0713 e. The predicted molar refractivity (Wildman–Crippen MR) is 230 cm³/mol. The van der Waals surface area contributed by atoms with Crippen molar-refractivity contribution in [2.45, 2.75) is 5.41 Å². The summed E-state index contributed by atoms with van der Waals surface area (Å²) in [6, 6.07) is 72.4. The summed E-state index contributed by atoms with van der Waals surface area (Å²) in [4.78, 5) is 0. The molecule has 2 nitrogen and oxygen atoms in total. The quantitative estimate of drug-likeness (QED) is 0.174. The first-order chi connectivity index (χ1) is 27.3. The number of aromatic nitrogens is 2. The van der Waals surface area contributed by atoms with Gasteiger partial charge in [-0.05, 0) is 86.6 Å². The molecule has 0 amide bonds. The second-order valence-corrected chi connectivity index (χ2v) is 15.2. The van der Waals surface area contributed by atoms with Crippen molar-refractivity contribution in [3.05, 3.63) is 216 Å². The number of fused-ring (bicyclic) bond motifs is 14. The molecule has 12 aromatic rings. The topological polar surface area (TPSA) is 9.34 Å². The van der Waals surface area contributed by atoms with Crippen LogP contribution in [0.4, 0.5) is 0 Å². The number of hydrogen-bond donors (Lipinski definition) is 0. The molecule has 0 fully saturated rings. The second kappa shape index (κ2) is 10.5. The van der Waals surface area contributed by atoms with Gasteiger partial charge in [0.25, 0.3) is 0 Å². The van der Waals surface area contributed by atoms with Gasteiger partial charge >= 0.3 is 0 Å². The Balaban J connectivity index is 1.11. The standard InChI is InChI=1S/C53H32N2/c1-3-14-34(15-4-1)53(35-16-5-2-6-17-35)45-23-10-7-18-37(45)43-31-36(27-28-46(43)53)54-48-25-12-9-20-41(48)51-42-32-50-44(30-33(42)26-29-49(51)54)40-22-13-21-39-38-19-8-11-24-47(38)55(50)52(39)40/h1-32H. The van der Waals surface area contributed by atoms with Crippen LogP contribution in [0.15, 0.2) is 194 Å². The largest absolute Gasteiger partial charge is 0.309 e. The van der Waals surface area contributed by atoms with Crippen LogP contribution in [0.3, 0.4) is 0 Å². The van der Waals surface area contributed by atoms with E-state index < -0.39 is 5.41 Å². The number of nitrogens with zero attached hydrogens (tertiary/aromatic N) is 2. The average Bonchev–Trinajstić information content (AvgIpc) is 3.97. The molecule has 0 atom stereocenters. The van der Waals surface area contributed by atoms with E-state index in [0.717, 1.165) is 0 Å². The Morgan fingerprint density at radius 1 is 0.345 bits per heavy atom. The van der Waals surface area contributed by atoms with E-state index in [1.54, 1.807) is 0 Å². The molecule has 0 radical (unpaired) electrons. The van der Waals surface area contributed by atoms with E-state index in [2.05, 4.69) is 203 Å². The lowest BCUT2D eigenvalue weighted by atomic mass is 9.68. The predicted octanol–water partition coefficient (Wildman–Crippen LogP) is 13.5. The molecule has 0 aliphatic heterocycles. The summed E-state index contributed by atoms with van der Waals surface area (Å²) >= 11 is 0. The molecule has 0 N–H and O–H groups in total. The van der Waals surface area contributed by atoms with E-state index in [4.69, 9.17) is 0 Å². The monoisotopic (exact) mass is 696 g/mol. The van der Waals surface area contributed by atoms with Crippen molar-refractivity contribution in [3.8, 4) is 16.8 Å². The van der Waals surface area contributed by atoms with Gasteiger partial charge in [-0.2, -0.15) is 0 Å². The molecule has 0 bridgehead atoms. The van der Waals surface area contributed by atoms with Crippen LogP contribution in [-0.4, -0.2) is 8.97 Å². The molecule has 1 aliphatic rings. The smallest absolute Gasteiger partial charge is 0.0713 e. The van der Waals surface area contributed by atoms with Crippen LogP contribution < -0.4 is 0 Å². The molecule has 3 heterocycles. The summed E-state index contributed by atoms with van der Waals surface area (Å²) in [6.45, 7) is 0. The average molecular weight is 697 g/mol. The molecular weight excluding hydrogens is 665 g/mol. The van der Waals surface area contributed by atoms with E-state index in [-0.39, 0.29) is 0 Å². The van der Waals surface area contributed by atoms with Crippen LogP contribution in [0.5, 0.6) is 0 Å². The highest BCUT2D eigenvalue weighted by molar-refractivity contribution is 6.28. The van der Waals surface area contributed by atoms with E-state index in [1.165, 1.54) is 110 Å². The number of hydrogen-bond acceptors (Lipinski definition) is 0. The number of para-hydroxylation sites is 3. The zero-order valence-corrected chi connectivity index (χ0v) is 29.9. The van der Waals surface area contributed by atoms with Crippen molar-refractivity contribution in [2.75, 3.05) is 0 Å². The maximum atomic E-state index is 2.50. The third-order valence-electron chi connectivity index (χ3n) is 12.7. The lowest BCUT2D eigenvalue weighted by molar-refractivity contribution is 0.768. The SMILES string of the molecule is c1ccc(C2(c3ccccc3)c3ccccc3-c3cc(-n4c5ccccc5c5c6cc7c(cc6ccc54)c4cccc5c6ccccc6n7c54)ccc32)cc1. The van der Waals surface area contributed by atoms with Gasteiger partial charge in [-0.15, -0.1) is 0 Å². The van der Waals surface area contributed by atoms with Gasteiger partial charge in [0.05, 0.1) is 33.0 Å². The molecule has 0 saturated heterocycles. The van der Waals surface area contributed by atoms with Gasteiger partial charge in [-0.3, -0.25) is 0 Å². The van der Waals surface area contributed by atoms with Crippen LogP contribution >= 0.6 is 0 Å². The highest BCUT2D eigenvalue weighted by Gasteiger charge is 2.46. The minimum absolute atomic E-state index is 0.421. The summed E-state index contributed by atoms with van der Waals surface area (Å²) in [5.41, 5.74) is 14.8. The van der Waals surface area contributed by atoms with Gasteiger partial charge in [-0.1, -0.05) is 152 Å². The molecular formula is C53H32N2. The molecule has 0 spiro atoms. The molecule has 0 saturated carbocycles. The highest BCUT2D eigenvalue weighted by Crippen LogP contribution is 2.56. The fourth-order valence-corrected chi connectivity index (χ4v) is 10.6. The zero-order chi connectivity index (χ0) is 35.8. The van der Waals surface area contributed by atoms with Crippen molar-refractivity contribution >= 4 is 70.7 Å². The van der Waals surface area contributed by atoms with Crippen molar-refractivity contribution in [1.29, 1.82) is 0 Å². The normalized spacial score (nSPS) is 13.6. The van der Waals surface area contributed by atoms with Crippen molar-refractivity contribution in [3.63, 3.8) is 0 Å². The van der Waals surface area contributed by atoms with E-state index in [1.807, 2.05) is 0 Å². The molecule has 2 heteroatoms. The fourth-order valence-electron chi connectivity index (χ4n) is 10.6. The highest BCUT2D eigenvalue weighted by atomic mass is 15.0. The van der Waals surface area contributed by atoms with Crippen molar-refractivity contribution < 1.29 is 0 Å². The van der Waals surface area contributed by atoms with Gasteiger partial charge in [0.2, 0.25) is 0 Å². The van der Waals surface area contributed by atoms with Crippen molar-refractivity contribution in [2.24, 2.45) is 0 Å². The Hall–Kier alpha value is -7.16. The Bertz CT molecular complexity index is 3490. The van der Waals surface area contributed by atoms with Gasteiger partial charge in [0, 0.05) is 38.0 Å². The maximum absolute atomic E-state index is 2.50. The van der Waals surface area contributed by atoms with Gasteiger partial charge < -0.3 is 8.97 Å². The number of benzene rings is 9. The van der Waals surface area contributed by atoms with Gasteiger partial charge in [-0.25, -0.2) is 0 Å². The molecule has 13 rings (SSSR count). The summed E-state index contributed by atoms with van der Waals surface area (Å²) < 4.78 is 4.99. The van der Waals surface area contributed by atoms with E-state index in [0.29, 0.717) is 0 Å². The number of rotatable bonds is 3. The molecule has 9 aromatic carbocycles. The van der Waals surface area contributed by atoms with Crippen LogP contribution in [0.2, 0.25) is 0 Å². The fraction of sp³-hybridized carbons (Fsp3) is 0.0189. The van der Waals surface area contributed by atoms with Gasteiger partial charge in [0.15, 0.2) is 0 Å². The first kappa shape index (κ1) is 29.3. The molecule has 254 valence electrons. The van der Waals surface area contributed by atoms with E-state index >= 15 is 0 Å². The van der Waals surface area contributed by atoms with Crippen LogP contribution in [0.1, 0.15) is 22.3 Å². The van der Waals surface area contributed by atoms with Crippen molar-refractivity contribution in [1.82, 2.24) is 8.97 Å². The lowest BCUT2D eigenvalue weighted by Gasteiger charge is -2.33. The first-order valence-corrected chi connectivity index (χ1v) is 19.2. The Kier molecular flexibility index (Phi) is 5.59. The Labute approximate surface area is 317 Å². The minimum atomic E-state index is -0.421. The van der Waals surface area contributed by atoms with Crippen LogP contribution in [0.25, 0.3) is 87.5 Å². The molecule has 1 aliphatic carbocycles. The molecule has 3 aromatic heterocycles. The molecule has 55 heavy (non-hydrogen) atoms. The summed E-state index contributed by atoms with van der Waals surface area (Å²) in [7, 11) is 0. The third kappa shape index (κ3) is 3.60. The summed E-state index contributed by atoms with van der Waals surface area (Å²) in [5.74, 6) is 0. The Morgan fingerprint density at radius 3 is 1.78 bits per heavy atom. The van der Waals surface area contributed by atoms with Crippen LogP contribution in [0, 0.1) is 0 Å². The van der Waals surface area contributed by atoms with E-state index in [9.17, 15) is 0 Å². The minimum Gasteiger partial charge on any atom is -0.309 e. The van der Waals surface area contributed by atoms with Crippen LogP contribution in [-0.2, 0) is 5.41 Å². The summed E-state index contributed by atoms with van der Waals surface area (Å²) in [6.07, 6.45) is 0. The summed E-state index contributed by atoms with van der Waals surface area (Å²) in [5, 5.41) is 10.4.